The van der Waals surface area contributed by atoms with E-state index in [0.717, 1.165) is 30.0 Å². The number of nitrogens with one attached hydrogen (secondary N) is 1. The fraction of sp³-hybridized carbons (Fsp3) is 0.450. The van der Waals surface area contributed by atoms with Gasteiger partial charge in [-0.15, -0.1) is 11.3 Å². The zero-order valence-corrected chi connectivity index (χ0v) is 16.1. The highest BCUT2D eigenvalue weighted by Gasteiger charge is 2.34. The standard InChI is InChI=1S/C20H26FN3OS/c1-20(2)13-24(10-9-17(20)22)12-18(25)23-19(16-4-3-11-26-16)14-5-7-15(21)8-6-14/h3-8,11,17,19H,9-10,12-13,22H2,1-2H3,(H,23,25). The van der Waals surface area contributed by atoms with Crippen LogP contribution in [-0.4, -0.2) is 36.5 Å². The molecule has 1 amide bonds. The second kappa shape index (κ2) is 7.86. The van der Waals surface area contributed by atoms with Gasteiger partial charge in [-0.2, -0.15) is 0 Å². The lowest BCUT2D eigenvalue weighted by Crippen LogP contribution is -2.54. The number of rotatable bonds is 5. The van der Waals surface area contributed by atoms with Gasteiger partial charge in [0.25, 0.3) is 0 Å². The van der Waals surface area contributed by atoms with Crippen LogP contribution in [0.1, 0.15) is 36.8 Å². The van der Waals surface area contributed by atoms with Gasteiger partial charge in [-0.3, -0.25) is 9.69 Å². The molecular weight excluding hydrogens is 349 g/mol. The van der Waals surface area contributed by atoms with Crippen molar-refractivity contribution in [2.45, 2.75) is 32.4 Å². The van der Waals surface area contributed by atoms with E-state index in [2.05, 4.69) is 24.1 Å². The van der Waals surface area contributed by atoms with Crippen molar-refractivity contribution >= 4 is 17.2 Å². The molecule has 0 spiro atoms. The van der Waals surface area contributed by atoms with Gasteiger partial charge < -0.3 is 11.1 Å². The van der Waals surface area contributed by atoms with Crippen LogP contribution in [0.3, 0.4) is 0 Å². The Morgan fingerprint density at radius 1 is 1.38 bits per heavy atom. The predicted octanol–water partition coefficient (Wildman–Crippen LogP) is 3.15. The van der Waals surface area contributed by atoms with E-state index in [1.54, 1.807) is 23.5 Å². The molecule has 1 aliphatic heterocycles. The first kappa shape index (κ1) is 19.0. The Morgan fingerprint density at radius 2 is 2.12 bits per heavy atom. The number of piperidine rings is 1. The number of nitrogens with zero attached hydrogens (tertiary/aromatic N) is 1. The van der Waals surface area contributed by atoms with Gasteiger partial charge in [0, 0.05) is 24.0 Å². The maximum atomic E-state index is 13.3. The maximum absolute atomic E-state index is 13.3. The lowest BCUT2D eigenvalue weighted by atomic mass is 9.80. The average Bonchev–Trinajstić information content (AvgIpc) is 3.11. The van der Waals surface area contributed by atoms with Crippen molar-refractivity contribution in [1.29, 1.82) is 0 Å². The molecule has 2 heterocycles. The molecule has 2 atom stereocenters. The zero-order chi connectivity index (χ0) is 18.7. The molecule has 1 aromatic heterocycles. The minimum absolute atomic E-state index is 0.00262. The van der Waals surface area contributed by atoms with Gasteiger partial charge in [-0.25, -0.2) is 4.39 Å². The minimum Gasteiger partial charge on any atom is -0.343 e. The van der Waals surface area contributed by atoms with E-state index in [-0.39, 0.29) is 29.2 Å². The number of thiophene rings is 1. The Morgan fingerprint density at radius 3 is 2.73 bits per heavy atom. The Hall–Kier alpha value is -1.76. The van der Waals surface area contributed by atoms with Gasteiger partial charge in [0.15, 0.2) is 0 Å². The largest absolute Gasteiger partial charge is 0.343 e. The normalized spacial score (nSPS) is 21.3. The third-order valence-corrected chi connectivity index (χ3v) is 6.03. The molecule has 0 bridgehead atoms. The second-order valence-corrected chi connectivity index (χ2v) is 8.64. The second-order valence-electron chi connectivity index (χ2n) is 7.66. The molecule has 1 fully saturated rings. The molecule has 6 heteroatoms. The van der Waals surface area contributed by atoms with Crippen LogP contribution < -0.4 is 11.1 Å². The molecule has 1 aliphatic rings. The third kappa shape index (κ3) is 4.50. The van der Waals surface area contributed by atoms with Crippen molar-refractivity contribution in [3.63, 3.8) is 0 Å². The van der Waals surface area contributed by atoms with Gasteiger partial charge in [0.1, 0.15) is 5.82 Å². The molecule has 140 valence electrons. The van der Waals surface area contributed by atoms with Crippen LogP contribution in [-0.2, 0) is 4.79 Å². The quantitative estimate of drug-likeness (QED) is 0.844. The average molecular weight is 376 g/mol. The van der Waals surface area contributed by atoms with Crippen LogP contribution >= 0.6 is 11.3 Å². The molecule has 0 radical (unpaired) electrons. The number of benzene rings is 1. The number of halogens is 1. The summed E-state index contributed by atoms with van der Waals surface area (Å²) in [5.41, 5.74) is 7.06. The zero-order valence-electron chi connectivity index (χ0n) is 15.2. The number of carbonyl (C=O) groups is 1. The third-order valence-electron chi connectivity index (χ3n) is 5.09. The first-order valence-electron chi connectivity index (χ1n) is 8.91. The highest BCUT2D eigenvalue weighted by molar-refractivity contribution is 7.10. The molecule has 1 saturated heterocycles. The van der Waals surface area contributed by atoms with Crippen LogP contribution in [0.2, 0.25) is 0 Å². The van der Waals surface area contributed by atoms with Crippen LogP contribution in [0.25, 0.3) is 0 Å². The molecule has 2 unspecified atom stereocenters. The Kier molecular flexibility index (Phi) is 5.75. The summed E-state index contributed by atoms with van der Waals surface area (Å²) >= 11 is 1.58. The first-order valence-corrected chi connectivity index (χ1v) is 9.79. The minimum atomic E-state index is -0.281. The Bertz CT molecular complexity index is 730. The summed E-state index contributed by atoms with van der Waals surface area (Å²) in [5, 5.41) is 5.10. The molecule has 2 aromatic rings. The SMILES string of the molecule is CC1(C)CN(CC(=O)NC(c2ccc(F)cc2)c2cccs2)CCC1N. The lowest BCUT2D eigenvalue weighted by Gasteiger charge is -2.42. The lowest BCUT2D eigenvalue weighted by molar-refractivity contribution is -0.123. The van der Waals surface area contributed by atoms with E-state index < -0.39 is 0 Å². The van der Waals surface area contributed by atoms with Crippen LogP contribution in [0.15, 0.2) is 41.8 Å². The van der Waals surface area contributed by atoms with E-state index in [0.29, 0.717) is 6.54 Å². The summed E-state index contributed by atoms with van der Waals surface area (Å²) < 4.78 is 13.3. The predicted molar refractivity (Wildman–Crippen MR) is 104 cm³/mol. The maximum Gasteiger partial charge on any atom is 0.234 e. The number of amides is 1. The number of likely N-dealkylation sites (tertiary alicyclic amines) is 1. The summed E-state index contributed by atoms with van der Waals surface area (Å²) in [6.07, 6.45) is 0.895. The van der Waals surface area contributed by atoms with Gasteiger partial charge in [0.2, 0.25) is 5.91 Å². The van der Waals surface area contributed by atoms with Gasteiger partial charge in [0.05, 0.1) is 12.6 Å². The number of carbonyl (C=O) groups excluding carboxylic acids is 1. The summed E-state index contributed by atoms with van der Waals surface area (Å²) in [5.74, 6) is -0.309. The number of hydrogen-bond donors (Lipinski definition) is 2. The van der Waals surface area contributed by atoms with Gasteiger partial charge in [-0.1, -0.05) is 32.0 Å². The summed E-state index contributed by atoms with van der Waals surface area (Å²) in [6.45, 7) is 6.28. The summed E-state index contributed by atoms with van der Waals surface area (Å²) in [6, 6.07) is 10.2. The van der Waals surface area contributed by atoms with Crippen molar-refractivity contribution in [2.75, 3.05) is 19.6 Å². The van der Waals surface area contributed by atoms with E-state index >= 15 is 0 Å². The molecule has 3 rings (SSSR count). The summed E-state index contributed by atoms with van der Waals surface area (Å²) in [7, 11) is 0. The van der Waals surface area contributed by atoms with Crippen molar-refractivity contribution < 1.29 is 9.18 Å². The van der Waals surface area contributed by atoms with Crippen molar-refractivity contribution in [1.82, 2.24) is 10.2 Å². The van der Waals surface area contributed by atoms with Crippen molar-refractivity contribution in [3.05, 3.63) is 58.0 Å². The molecule has 4 nitrogen and oxygen atoms in total. The van der Waals surface area contributed by atoms with E-state index in [9.17, 15) is 9.18 Å². The number of hydrogen-bond acceptors (Lipinski definition) is 4. The fourth-order valence-electron chi connectivity index (χ4n) is 3.46. The fourth-order valence-corrected chi connectivity index (χ4v) is 4.26. The Labute approximate surface area is 158 Å². The van der Waals surface area contributed by atoms with Gasteiger partial charge >= 0.3 is 0 Å². The van der Waals surface area contributed by atoms with Crippen LogP contribution in [0, 0.1) is 11.2 Å². The monoisotopic (exact) mass is 375 g/mol. The first-order chi connectivity index (χ1) is 12.3. The molecule has 0 saturated carbocycles. The highest BCUT2D eigenvalue weighted by Crippen LogP contribution is 2.28. The molecule has 1 aromatic carbocycles. The Balaban J connectivity index is 1.69. The number of nitrogens with two attached hydrogens (primary N) is 1. The molecule has 3 N–H and O–H groups in total. The molecule has 26 heavy (non-hydrogen) atoms. The van der Waals surface area contributed by atoms with Crippen LogP contribution in [0.5, 0.6) is 0 Å². The highest BCUT2D eigenvalue weighted by atomic mass is 32.1. The van der Waals surface area contributed by atoms with E-state index in [1.807, 2.05) is 17.5 Å². The summed E-state index contributed by atoms with van der Waals surface area (Å²) in [4.78, 5) is 15.9. The van der Waals surface area contributed by atoms with Crippen LogP contribution in [0.4, 0.5) is 4.39 Å². The van der Waals surface area contributed by atoms with E-state index in [4.69, 9.17) is 5.73 Å². The van der Waals surface area contributed by atoms with E-state index in [1.165, 1.54) is 12.1 Å². The smallest absolute Gasteiger partial charge is 0.234 e. The molecular formula is C20H26FN3OS. The molecule has 0 aliphatic carbocycles. The topological polar surface area (TPSA) is 58.4 Å². The van der Waals surface area contributed by atoms with Gasteiger partial charge in [-0.05, 0) is 41.0 Å². The van der Waals surface area contributed by atoms with Crippen molar-refractivity contribution in [2.24, 2.45) is 11.1 Å². The van der Waals surface area contributed by atoms with Crippen molar-refractivity contribution in [3.8, 4) is 0 Å².